The Morgan fingerprint density at radius 2 is 2.20 bits per heavy atom. The lowest BCUT2D eigenvalue weighted by Crippen LogP contribution is -3.00. The first-order valence-electron chi connectivity index (χ1n) is 4.24. The molecule has 0 aliphatic rings. The molecule has 82 valence electrons. The molecule has 4 N–H and O–H groups in total. The van der Waals surface area contributed by atoms with Crippen molar-refractivity contribution < 1.29 is 31.9 Å². The third-order valence-corrected chi connectivity index (χ3v) is 1.62. The molecular formula is C10H13BrN2O2. The largest absolute Gasteiger partial charge is 1.00 e. The average molecular weight is 273 g/mol. The number of benzene rings is 1. The molecule has 0 aliphatic carbocycles. The number of hydrogen-bond donors (Lipinski definition) is 3. The van der Waals surface area contributed by atoms with E-state index >= 15 is 0 Å². The summed E-state index contributed by atoms with van der Waals surface area (Å²) in [5.74, 6) is -0.256. The predicted molar refractivity (Wildman–Crippen MR) is 53.3 cm³/mol. The second kappa shape index (κ2) is 6.19. The van der Waals surface area contributed by atoms with Crippen LogP contribution in [-0.4, -0.2) is 16.9 Å². The van der Waals surface area contributed by atoms with Crippen LogP contribution in [0.3, 0.4) is 0 Å². The van der Waals surface area contributed by atoms with Gasteiger partial charge < -0.3 is 22.1 Å². The highest BCUT2D eigenvalue weighted by atomic mass is 79.9. The van der Waals surface area contributed by atoms with E-state index < -0.39 is 5.97 Å². The smallest absolute Gasteiger partial charge is 0.307 e. The third kappa shape index (κ3) is 5.17. The van der Waals surface area contributed by atoms with Crippen LogP contribution in [0, 0.1) is 0 Å². The minimum atomic E-state index is -0.837. The Labute approximate surface area is 98.6 Å². The predicted octanol–water partition coefficient (Wildman–Crippen LogP) is -3.59. The number of hydrogen-bond acceptors (Lipinski definition) is 1. The molecule has 0 bridgehead atoms. The van der Waals surface area contributed by atoms with Crippen LogP contribution >= 0.6 is 0 Å². The minimum absolute atomic E-state index is 0. The van der Waals surface area contributed by atoms with Crippen molar-refractivity contribution in [1.29, 1.82) is 0 Å². The summed E-state index contributed by atoms with van der Waals surface area (Å²) in [5, 5.41) is 8.59. The minimum Gasteiger partial charge on any atom is -1.00 e. The van der Waals surface area contributed by atoms with E-state index in [9.17, 15) is 4.79 Å². The fourth-order valence-electron chi connectivity index (χ4n) is 1.16. The summed E-state index contributed by atoms with van der Waals surface area (Å²) in [5.41, 5.74) is 7.03. The van der Waals surface area contributed by atoms with Crippen molar-refractivity contribution in [2.24, 2.45) is 5.73 Å². The van der Waals surface area contributed by atoms with Gasteiger partial charge in [0, 0.05) is 6.92 Å². The van der Waals surface area contributed by atoms with Crippen LogP contribution in [-0.2, 0) is 11.2 Å². The summed E-state index contributed by atoms with van der Waals surface area (Å²) >= 11 is 0. The van der Waals surface area contributed by atoms with Gasteiger partial charge in [-0.1, -0.05) is 12.1 Å². The van der Waals surface area contributed by atoms with Gasteiger partial charge in [0.25, 0.3) is 0 Å². The monoisotopic (exact) mass is 272 g/mol. The lowest BCUT2D eigenvalue weighted by atomic mass is 10.1. The molecule has 0 atom stereocenters. The van der Waals surface area contributed by atoms with Crippen LogP contribution in [0.25, 0.3) is 0 Å². The Balaban J connectivity index is 0.00000196. The second-order valence-corrected chi connectivity index (χ2v) is 3.08. The third-order valence-electron chi connectivity index (χ3n) is 1.62. The van der Waals surface area contributed by atoms with E-state index in [1.165, 1.54) is 0 Å². The summed E-state index contributed by atoms with van der Waals surface area (Å²) in [6.07, 6.45) is 0.0269. The summed E-state index contributed by atoms with van der Waals surface area (Å²) in [4.78, 5) is 13.4. The molecule has 4 nitrogen and oxygen atoms in total. The molecule has 5 heteroatoms. The molecule has 0 fully saturated rings. The van der Waals surface area contributed by atoms with Gasteiger partial charge in [-0.2, -0.15) is 0 Å². The molecule has 0 saturated carbocycles. The average Bonchev–Trinajstić information content (AvgIpc) is 2.01. The molecule has 0 heterocycles. The normalized spacial score (nSPS) is 10.6. The summed E-state index contributed by atoms with van der Waals surface area (Å²) in [6, 6.07) is 7.17. The number of halogens is 1. The Kier molecular flexibility index (Phi) is 5.62. The number of amidine groups is 1. The SMILES string of the molecule is CC(N)=[NH+]c1cccc(CC(=O)O)c1.[Br-]. The lowest BCUT2D eigenvalue weighted by molar-refractivity contribution is -0.355. The second-order valence-electron chi connectivity index (χ2n) is 3.08. The van der Waals surface area contributed by atoms with Gasteiger partial charge in [0.1, 0.15) is 5.69 Å². The summed E-state index contributed by atoms with van der Waals surface area (Å²) in [6.45, 7) is 1.74. The summed E-state index contributed by atoms with van der Waals surface area (Å²) in [7, 11) is 0. The molecule has 0 saturated heterocycles. The number of carboxylic acid groups (broad SMARTS) is 1. The molecule has 15 heavy (non-hydrogen) atoms. The number of rotatable bonds is 3. The Hall–Kier alpha value is -1.36. The molecule has 0 amide bonds. The van der Waals surface area contributed by atoms with Crippen molar-refractivity contribution in [3.63, 3.8) is 0 Å². The fourth-order valence-corrected chi connectivity index (χ4v) is 1.16. The molecule has 1 aromatic rings. The number of carboxylic acids is 1. The Morgan fingerprint density at radius 3 is 2.73 bits per heavy atom. The van der Waals surface area contributed by atoms with Gasteiger partial charge in [0.2, 0.25) is 5.84 Å². The number of carbonyl (C=O) groups is 1. The maximum atomic E-state index is 10.5. The highest BCUT2D eigenvalue weighted by Gasteiger charge is 2.01. The highest BCUT2D eigenvalue weighted by molar-refractivity contribution is 5.72. The Bertz CT molecular complexity index is 373. The fraction of sp³-hybridized carbons (Fsp3) is 0.200. The molecule has 0 spiro atoms. The van der Waals surface area contributed by atoms with E-state index in [1.807, 2.05) is 6.07 Å². The van der Waals surface area contributed by atoms with E-state index in [1.54, 1.807) is 25.1 Å². The zero-order chi connectivity index (χ0) is 10.6. The van der Waals surface area contributed by atoms with Gasteiger partial charge in [-0.05, 0) is 17.7 Å². The van der Waals surface area contributed by atoms with Crippen molar-refractivity contribution in [2.75, 3.05) is 0 Å². The van der Waals surface area contributed by atoms with Crippen molar-refractivity contribution in [2.45, 2.75) is 13.3 Å². The van der Waals surface area contributed by atoms with Crippen LogP contribution < -0.4 is 27.7 Å². The van der Waals surface area contributed by atoms with Gasteiger partial charge in [-0.3, -0.25) is 10.5 Å². The molecule has 1 rings (SSSR count). The zero-order valence-corrected chi connectivity index (χ0v) is 9.91. The number of nitrogens with two attached hydrogens (primary N) is 1. The first kappa shape index (κ1) is 13.6. The topological polar surface area (TPSA) is 77.3 Å². The zero-order valence-electron chi connectivity index (χ0n) is 8.33. The van der Waals surface area contributed by atoms with E-state index in [4.69, 9.17) is 10.8 Å². The molecule has 0 unspecified atom stereocenters. The molecule has 0 radical (unpaired) electrons. The molecular weight excluding hydrogens is 260 g/mol. The van der Waals surface area contributed by atoms with E-state index in [0.29, 0.717) is 5.84 Å². The van der Waals surface area contributed by atoms with E-state index in [-0.39, 0.29) is 23.4 Å². The van der Waals surface area contributed by atoms with Crippen molar-refractivity contribution >= 4 is 17.5 Å². The van der Waals surface area contributed by atoms with Crippen molar-refractivity contribution in [3.05, 3.63) is 29.8 Å². The maximum Gasteiger partial charge on any atom is 0.307 e. The van der Waals surface area contributed by atoms with Crippen LogP contribution in [0.5, 0.6) is 0 Å². The standard InChI is InChI=1S/C10H12N2O2.BrH/c1-7(11)12-9-4-2-3-8(5-9)6-10(13)14;/h2-5H,6H2,1H3,(H2,11,12)(H,13,14);1H. The molecule has 0 aliphatic heterocycles. The van der Waals surface area contributed by atoms with Crippen LogP contribution in [0.2, 0.25) is 0 Å². The number of aliphatic carboxylic acids is 1. The lowest BCUT2D eigenvalue weighted by Gasteiger charge is -1.97. The first-order chi connectivity index (χ1) is 6.58. The number of nitrogens with one attached hydrogen (secondary N) is 1. The van der Waals surface area contributed by atoms with Crippen LogP contribution in [0.15, 0.2) is 24.3 Å². The maximum absolute atomic E-state index is 10.5. The van der Waals surface area contributed by atoms with Crippen molar-refractivity contribution in [1.82, 2.24) is 0 Å². The van der Waals surface area contributed by atoms with E-state index in [2.05, 4.69) is 4.99 Å². The van der Waals surface area contributed by atoms with Gasteiger partial charge >= 0.3 is 5.97 Å². The van der Waals surface area contributed by atoms with Crippen molar-refractivity contribution in [3.8, 4) is 0 Å². The Morgan fingerprint density at radius 1 is 1.53 bits per heavy atom. The van der Waals surface area contributed by atoms with Gasteiger partial charge in [0.05, 0.1) is 6.42 Å². The highest BCUT2D eigenvalue weighted by Crippen LogP contribution is 2.05. The summed E-state index contributed by atoms with van der Waals surface area (Å²) < 4.78 is 0. The van der Waals surface area contributed by atoms with Gasteiger partial charge in [-0.15, -0.1) is 0 Å². The molecule has 0 aromatic heterocycles. The quantitative estimate of drug-likeness (QED) is 0.393. The molecule has 1 aromatic carbocycles. The van der Waals surface area contributed by atoms with Gasteiger partial charge in [-0.25, -0.2) is 4.99 Å². The first-order valence-corrected chi connectivity index (χ1v) is 4.24. The van der Waals surface area contributed by atoms with Crippen LogP contribution in [0.4, 0.5) is 5.69 Å². The van der Waals surface area contributed by atoms with Gasteiger partial charge in [0.15, 0.2) is 0 Å². The van der Waals surface area contributed by atoms with E-state index in [0.717, 1.165) is 11.3 Å². The van der Waals surface area contributed by atoms with Crippen LogP contribution in [0.1, 0.15) is 12.5 Å².